The number of carbonyl (C=O) groups is 1. The van der Waals surface area contributed by atoms with E-state index in [1.165, 1.54) is 0 Å². The first kappa shape index (κ1) is 16.1. The molecule has 0 aromatic heterocycles. The highest BCUT2D eigenvalue weighted by atomic mass is 16.6. The third-order valence-electron chi connectivity index (χ3n) is 4.49. The van der Waals surface area contributed by atoms with Gasteiger partial charge in [-0.15, -0.1) is 0 Å². The van der Waals surface area contributed by atoms with Gasteiger partial charge in [0, 0.05) is 12.5 Å². The van der Waals surface area contributed by atoms with Crippen molar-refractivity contribution in [3.63, 3.8) is 0 Å². The fourth-order valence-electron chi connectivity index (χ4n) is 3.29. The standard InChI is InChI=1S/C18H26N2O3/c1-2-11-20(18(21)14-7-9-19-10-8-14)12-15-13-22-16-5-3-4-6-17(16)23-15/h3-6,14-15,19H,2,7-13H2,1H3. The number of fused-ring (bicyclic) bond motifs is 1. The minimum Gasteiger partial charge on any atom is -0.486 e. The Morgan fingerprint density at radius 1 is 1.26 bits per heavy atom. The van der Waals surface area contributed by atoms with Gasteiger partial charge in [-0.2, -0.15) is 0 Å². The van der Waals surface area contributed by atoms with Gasteiger partial charge >= 0.3 is 0 Å². The molecule has 0 spiro atoms. The number of para-hydroxylation sites is 2. The van der Waals surface area contributed by atoms with Gasteiger partial charge in [0.25, 0.3) is 0 Å². The van der Waals surface area contributed by atoms with Crippen LogP contribution < -0.4 is 14.8 Å². The molecular weight excluding hydrogens is 292 g/mol. The van der Waals surface area contributed by atoms with Gasteiger partial charge in [-0.05, 0) is 44.5 Å². The van der Waals surface area contributed by atoms with Crippen molar-refractivity contribution in [1.29, 1.82) is 0 Å². The normalized spacial score (nSPS) is 21.0. The van der Waals surface area contributed by atoms with E-state index in [1.807, 2.05) is 29.2 Å². The average molecular weight is 318 g/mol. The van der Waals surface area contributed by atoms with E-state index >= 15 is 0 Å². The number of hydrogen-bond donors (Lipinski definition) is 1. The second kappa shape index (κ2) is 7.68. The lowest BCUT2D eigenvalue weighted by Crippen LogP contribution is -2.47. The minimum atomic E-state index is -0.0953. The molecule has 126 valence electrons. The Labute approximate surface area is 137 Å². The second-order valence-corrected chi connectivity index (χ2v) is 6.31. The molecule has 3 rings (SSSR count). The number of rotatable bonds is 5. The highest BCUT2D eigenvalue weighted by Gasteiger charge is 2.29. The first-order valence-corrected chi connectivity index (χ1v) is 8.66. The Morgan fingerprint density at radius 3 is 2.74 bits per heavy atom. The number of nitrogens with one attached hydrogen (secondary N) is 1. The molecule has 1 aromatic carbocycles. The van der Waals surface area contributed by atoms with Crippen LogP contribution in [0, 0.1) is 5.92 Å². The van der Waals surface area contributed by atoms with Crippen molar-refractivity contribution >= 4 is 5.91 Å². The van der Waals surface area contributed by atoms with Gasteiger partial charge in [0.2, 0.25) is 5.91 Å². The number of benzene rings is 1. The Balaban J connectivity index is 1.62. The summed E-state index contributed by atoms with van der Waals surface area (Å²) in [6.45, 7) is 5.86. The van der Waals surface area contributed by atoms with Crippen LogP contribution in [0.25, 0.3) is 0 Å². The van der Waals surface area contributed by atoms with Crippen LogP contribution in [0.3, 0.4) is 0 Å². The topological polar surface area (TPSA) is 50.8 Å². The van der Waals surface area contributed by atoms with Crippen molar-refractivity contribution in [2.24, 2.45) is 5.92 Å². The van der Waals surface area contributed by atoms with Gasteiger partial charge in [0.1, 0.15) is 6.61 Å². The average Bonchev–Trinajstić information content (AvgIpc) is 2.61. The first-order valence-electron chi connectivity index (χ1n) is 8.66. The van der Waals surface area contributed by atoms with E-state index in [-0.39, 0.29) is 17.9 Å². The van der Waals surface area contributed by atoms with Gasteiger partial charge in [0.15, 0.2) is 17.6 Å². The number of amides is 1. The number of hydrogen-bond acceptors (Lipinski definition) is 4. The summed E-state index contributed by atoms with van der Waals surface area (Å²) in [7, 11) is 0. The van der Waals surface area contributed by atoms with E-state index in [0.29, 0.717) is 13.2 Å². The molecule has 0 saturated carbocycles. The zero-order valence-corrected chi connectivity index (χ0v) is 13.8. The van der Waals surface area contributed by atoms with Crippen LogP contribution in [-0.4, -0.2) is 49.7 Å². The summed E-state index contributed by atoms with van der Waals surface area (Å²) in [4.78, 5) is 14.8. The molecule has 1 unspecified atom stereocenters. The van der Waals surface area contributed by atoms with Crippen LogP contribution in [0.2, 0.25) is 0 Å². The van der Waals surface area contributed by atoms with Crippen molar-refractivity contribution < 1.29 is 14.3 Å². The first-order chi connectivity index (χ1) is 11.3. The predicted molar refractivity (Wildman–Crippen MR) is 88.8 cm³/mol. The Hall–Kier alpha value is -1.75. The second-order valence-electron chi connectivity index (χ2n) is 6.31. The molecule has 23 heavy (non-hydrogen) atoms. The molecule has 2 aliphatic rings. The van der Waals surface area contributed by atoms with Gasteiger partial charge < -0.3 is 19.7 Å². The van der Waals surface area contributed by atoms with E-state index in [9.17, 15) is 4.79 Å². The lowest BCUT2D eigenvalue weighted by Gasteiger charge is -2.34. The highest BCUT2D eigenvalue weighted by molar-refractivity contribution is 5.79. The van der Waals surface area contributed by atoms with E-state index in [0.717, 1.165) is 50.4 Å². The lowest BCUT2D eigenvalue weighted by molar-refractivity contribution is -0.138. The molecule has 2 heterocycles. The summed E-state index contributed by atoms with van der Waals surface area (Å²) < 4.78 is 11.8. The zero-order chi connectivity index (χ0) is 16.1. The molecule has 1 fully saturated rings. The molecule has 5 nitrogen and oxygen atoms in total. The third kappa shape index (κ3) is 3.96. The van der Waals surface area contributed by atoms with Crippen LogP contribution in [0.5, 0.6) is 11.5 Å². The summed E-state index contributed by atoms with van der Waals surface area (Å²) in [5.41, 5.74) is 0. The van der Waals surface area contributed by atoms with Crippen LogP contribution in [-0.2, 0) is 4.79 Å². The molecule has 1 aromatic rings. The quantitative estimate of drug-likeness (QED) is 0.903. The molecule has 0 bridgehead atoms. The van der Waals surface area contributed by atoms with Crippen LogP contribution >= 0.6 is 0 Å². The maximum absolute atomic E-state index is 12.8. The molecule has 1 atom stereocenters. The fraction of sp³-hybridized carbons (Fsp3) is 0.611. The SMILES string of the molecule is CCCN(CC1COc2ccccc2O1)C(=O)C1CCNCC1. The summed E-state index contributed by atoms with van der Waals surface area (Å²) in [5.74, 6) is 1.99. The molecule has 5 heteroatoms. The van der Waals surface area contributed by atoms with Crippen molar-refractivity contribution in [2.75, 3.05) is 32.8 Å². The van der Waals surface area contributed by atoms with Gasteiger partial charge in [0.05, 0.1) is 6.54 Å². The predicted octanol–water partition coefficient (Wildman–Crippen LogP) is 2.06. The van der Waals surface area contributed by atoms with Crippen molar-refractivity contribution in [3.05, 3.63) is 24.3 Å². The zero-order valence-electron chi connectivity index (χ0n) is 13.8. The van der Waals surface area contributed by atoms with E-state index in [2.05, 4.69) is 12.2 Å². The van der Waals surface area contributed by atoms with Crippen molar-refractivity contribution in [2.45, 2.75) is 32.3 Å². The monoisotopic (exact) mass is 318 g/mol. The summed E-state index contributed by atoms with van der Waals surface area (Å²) >= 11 is 0. The van der Waals surface area contributed by atoms with Crippen LogP contribution in [0.4, 0.5) is 0 Å². The maximum atomic E-state index is 12.8. The van der Waals surface area contributed by atoms with Gasteiger partial charge in [-0.25, -0.2) is 0 Å². The Morgan fingerprint density at radius 2 is 2.00 bits per heavy atom. The van der Waals surface area contributed by atoms with E-state index in [4.69, 9.17) is 9.47 Å². The Kier molecular flexibility index (Phi) is 5.39. The van der Waals surface area contributed by atoms with Crippen LogP contribution in [0.15, 0.2) is 24.3 Å². The molecule has 2 aliphatic heterocycles. The summed E-state index contributed by atoms with van der Waals surface area (Å²) in [5, 5.41) is 3.32. The molecular formula is C18H26N2O3. The highest BCUT2D eigenvalue weighted by Crippen LogP contribution is 2.31. The molecule has 0 radical (unpaired) electrons. The third-order valence-corrected chi connectivity index (χ3v) is 4.49. The smallest absolute Gasteiger partial charge is 0.225 e. The maximum Gasteiger partial charge on any atom is 0.225 e. The number of nitrogens with zero attached hydrogens (tertiary/aromatic N) is 1. The largest absolute Gasteiger partial charge is 0.486 e. The minimum absolute atomic E-state index is 0.0953. The number of piperidine rings is 1. The molecule has 1 amide bonds. The fourth-order valence-corrected chi connectivity index (χ4v) is 3.29. The molecule has 1 N–H and O–H groups in total. The van der Waals surface area contributed by atoms with Gasteiger partial charge in [-0.1, -0.05) is 19.1 Å². The molecule has 1 saturated heterocycles. The van der Waals surface area contributed by atoms with E-state index < -0.39 is 0 Å². The van der Waals surface area contributed by atoms with E-state index in [1.54, 1.807) is 0 Å². The Bertz CT molecular complexity index is 529. The summed E-state index contributed by atoms with van der Waals surface area (Å²) in [6, 6.07) is 7.71. The lowest BCUT2D eigenvalue weighted by atomic mass is 9.96. The molecule has 0 aliphatic carbocycles. The van der Waals surface area contributed by atoms with Crippen molar-refractivity contribution in [3.8, 4) is 11.5 Å². The van der Waals surface area contributed by atoms with Crippen LogP contribution in [0.1, 0.15) is 26.2 Å². The van der Waals surface area contributed by atoms with Gasteiger partial charge in [-0.3, -0.25) is 4.79 Å². The summed E-state index contributed by atoms with van der Waals surface area (Å²) in [6.07, 6.45) is 2.73. The number of ether oxygens (including phenoxy) is 2. The number of carbonyl (C=O) groups excluding carboxylic acids is 1. The van der Waals surface area contributed by atoms with Crippen molar-refractivity contribution in [1.82, 2.24) is 10.2 Å².